The van der Waals surface area contributed by atoms with E-state index in [0.29, 0.717) is 17.2 Å². The van der Waals surface area contributed by atoms with Gasteiger partial charge in [0.15, 0.2) is 5.76 Å². The molecule has 2 aromatic rings. The van der Waals surface area contributed by atoms with Crippen LogP contribution < -0.4 is 5.63 Å². The fraction of sp³-hybridized carbons (Fsp3) is 0.412. The minimum Gasteiger partial charge on any atom is -0.417 e. The van der Waals surface area contributed by atoms with Crippen LogP contribution in [0.25, 0.3) is 10.8 Å². The average Bonchev–Trinajstić information content (AvgIpc) is 3.03. The van der Waals surface area contributed by atoms with Crippen molar-refractivity contribution in [3.8, 4) is 0 Å². The van der Waals surface area contributed by atoms with Crippen molar-refractivity contribution in [3.63, 3.8) is 0 Å². The second-order valence-electron chi connectivity index (χ2n) is 6.44. The first-order valence-electron chi connectivity index (χ1n) is 7.62. The van der Waals surface area contributed by atoms with Crippen LogP contribution in [0.2, 0.25) is 0 Å². The van der Waals surface area contributed by atoms with Crippen LogP contribution in [0.4, 0.5) is 0 Å². The summed E-state index contributed by atoms with van der Waals surface area (Å²) in [4.78, 5) is 28.8. The third-order valence-corrected chi connectivity index (χ3v) is 4.84. The van der Waals surface area contributed by atoms with Crippen molar-refractivity contribution in [2.45, 2.75) is 0 Å². The highest BCUT2D eigenvalue weighted by Gasteiger charge is 2.41. The minimum atomic E-state index is -0.444. The summed E-state index contributed by atoms with van der Waals surface area (Å²) in [5.41, 5.74) is -0.444. The molecule has 5 heteroatoms. The fourth-order valence-electron chi connectivity index (χ4n) is 3.79. The molecule has 2 atom stereocenters. The van der Waals surface area contributed by atoms with Crippen LogP contribution in [0.5, 0.6) is 0 Å². The monoisotopic (exact) mass is 298 g/mol. The molecule has 4 rings (SSSR count). The molecular formula is C17H18N2O3. The van der Waals surface area contributed by atoms with E-state index in [1.54, 1.807) is 18.2 Å². The van der Waals surface area contributed by atoms with Crippen molar-refractivity contribution >= 4 is 16.7 Å². The van der Waals surface area contributed by atoms with Crippen LogP contribution in [-0.2, 0) is 0 Å². The Labute approximate surface area is 128 Å². The van der Waals surface area contributed by atoms with E-state index in [1.165, 1.54) is 0 Å². The molecule has 0 radical (unpaired) electrons. The van der Waals surface area contributed by atoms with Crippen molar-refractivity contribution in [1.82, 2.24) is 9.80 Å². The van der Waals surface area contributed by atoms with E-state index in [0.717, 1.165) is 31.6 Å². The topological polar surface area (TPSA) is 53.8 Å². The van der Waals surface area contributed by atoms with E-state index in [9.17, 15) is 9.59 Å². The number of carbonyl (C=O) groups is 1. The first-order valence-corrected chi connectivity index (χ1v) is 7.62. The van der Waals surface area contributed by atoms with Gasteiger partial charge in [-0.05, 0) is 36.4 Å². The van der Waals surface area contributed by atoms with Gasteiger partial charge in [-0.1, -0.05) is 18.2 Å². The zero-order chi connectivity index (χ0) is 15.3. The Kier molecular flexibility index (Phi) is 3.04. The van der Waals surface area contributed by atoms with Gasteiger partial charge in [0.2, 0.25) is 0 Å². The van der Waals surface area contributed by atoms with Crippen LogP contribution in [0, 0.1) is 11.8 Å². The predicted octanol–water partition coefficient (Wildman–Crippen LogP) is 1.43. The highest BCUT2D eigenvalue weighted by atomic mass is 16.4. The minimum absolute atomic E-state index is 0.150. The van der Waals surface area contributed by atoms with Crippen molar-refractivity contribution in [1.29, 1.82) is 0 Å². The van der Waals surface area contributed by atoms with E-state index in [2.05, 4.69) is 11.9 Å². The molecule has 0 bridgehead atoms. The Bertz CT molecular complexity index is 784. The molecule has 0 aliphatic carbocycles. The van der Waals surface area contributed by atoms with Gasteiger partial charge in [-0.2, -0.15) is 0 Å². The quantitative estimate of drug-likeness (QED) is 0.799. The molecular weight excluding hydrogens is 280 g/mol. The van der Waals surface area contributed by atoms with E-state index in [4.69, 9.17) is 4.42 Å². The van der Waals surface area contributed by atoms with Crippen LogP contribution in [-0.4, -0.2) is 48.9 Å². The first-order chi connectivity index (χ1) is 10.6. The normalized spacial score (nSPS) is 24.9. The number of fused-ring (bicyclic) bond motifs is 2. The lowest BCUT2D eigenvalue weighted by Gasteiger charge is -2.18. The molecule has 2 fully saturated rings. The predicted molar refractivity (Wildman–Crippen MR) is 82.9 cm³/mol. The summed E-state index contributed by atoms with van der Waals surface area (Å²) in [6.45, 7) is 3.58. The third kappa shape index (κ3) is 2.13. The van der Waals surface area contributed by atoms with E-state index in [-0.39, 0.29) is 11.7 Å². The maximum atomic E-state index is 12.6. The lowest BCUT2D eigenvalue weighted by molar-refractivity contribution is 0.0740. The summed E-state index contributed by atoms with van der Waals surface area (Å²) in [5, 5.41) is 1.26. The van der Waals surface area contributed by atoms with Crippen LogP contribution in [0.3, 0.4) is 0 Å². The van der Waals surface area contributed by atoms with Gasteiger partial charge in [-0.3, -0.25) is 4.79 Å². The largest absolute Gasteiger partial charge is 0.417 e. The molecule has 1 amide bonds. The Hall–Kier alpha value is -2.14. The van der Waals surface area contributed by atoms with Crippen molar-refractivity contribution in [2.75, 3.05) is 33.2 Å². The molecule has 2 aliphatic heterocycles. The summed E-state index contributed by atoms with van der Waals surface area (Å²) < 4.78 is 5.25. The maximum absolute atomic E-state index is 12.6. The molecule has 0 spiro atoms. The highest BCUT2D eigenvalue weighted by Crippen LogP contribution is 2.31. The van der Waals surface area contributed by atoms with Gasteiger partial charge >= 0.3 is 5.63 Å². The standard InChI is InChI=1S/C17H18N2O3/c1-18-7-12-9-19(10-13(12)8-18)16(20)15-6-11-4-2-3-5-14(11)17(21)22-15/h2-6,12-13H,7-10H2,1H3/t12-,13+. The second-order valence-corrected chi connectivity index (χ2v) is 6.44. The van der Waals surface area contributed by atoms with E-state index in [1.807, 2.05) is 17.0 Å². The average molecular weight is 298 g/mol. The summed E-state index contributed by atoms with van der Waals surface area (Å²) in [6, 6.07) is 8.87. The Morgan fingerprint density at radius 3 is 2.55 bits per heavy atom. The molecule has 1 aromatic heterocycles. The Balaban J connectivity index is 1.63. The molecule has 1 aromatic carbocycles. The van der Waals surface area contributed by atoms with Crippen molar-refractivity contribution in [3.05, 3.63) is 46.5 Å². The zero-order valence-corrected chi connectivity index (χ0v) is 12.5. The number of amides is 1. The molecule has 0 N–H and O–H groups in total. The zero-order valence-electron chi connectivity index (χ0n) is 12.5. The lowest BCUT2D eigenvalue weighted by Crippen LogP contribution is -2.32. The second kappa shape index (κ2) is 4.95. The summed E-state index contributed by atoms with van der Waals surface area (Å²) >= 11 is 0. The number of carbonyl (C=O) groups excluding carboxylic acids is 1. The molecule has 5 nitrogen and oxygen atoms in total. The Morgan fingerprint density at radius 2 is 1.82 bits per heavy atom. The number of benzene rings is 1. The SMILES string of the molecule is CN1C[C@@H]2CN(C(=O)c3cc4ccccc4c(=O)o3)C[C@@H]2C1. The van der Waals surface area contributed by atoms with Gasteiger partial charge in [0, 0.05) is 26.2 Å². The number of hydrogen-bond donors (Lipinski definition) is 0. The van der Waals surface area contributed by atoms with Gasteiger partial charge in [0.25, 0.3) is 5.91 Å². The van der Waals surface area contributed by atoms with Gasteiger partial charge in [0.05, 0.1) is 5.39 Å². The first kappa shape index (κ1) is 13.5. The van der Waals surface area contributed by atoms with Crippen LogP contribution >= 0.6 is 0 Å². The number of likely N-dealkylation sites (tertiary alicyclic amines) is 2. The summed E-state index contributed by atoms with van der Waals surface area (Å²) in [5.74, 6) is 1.07. The molecule has 0 unspecified atom stereocenters. The summed E-state index contributed by atoms with van der Waals surface area (Å²) in [6.07, 6.45) is 0. The third-order valence-electron chi connectivity index (χ3n) is 4.84. The molecule has 114 valence electrons. The molecule has 22 heavy (non-hydrogen) atoms. The summed E-state index contributed by atoms with van der Waals surface area (Å²) in [7, 11) is 2.12. The molecule has 3 heterocycles. The van der Waals surface area contributed by atoms with Crippen molar-refractivity contribution < 1.29 is 9.21 Å². The highest BCUT2D eigenvalue weighted by molar-refractivity contribution is 5.95. The number of hydrogen-bond acceptors (Lipinski definition) is 4. The molecule has 2 saturated heterocycles. The molecule has 2 aliphatic rings. The van der Waals surface area contributed by atoms with Gasteiger partial charge in [0.1, 0.15) is 0 Å². The van der Waals surface area contributed by atoms with Crippen LogP contribution in [0.15, 0.2) is 39.5 Å². The van der Waals surface area contributed by atoms with Gasteiger partial charge in [-0.25, -0.2) is 4.79 Å². The number of rotatable bonds is 1. The van der Waals surface area contributed by atoms with Gasteiger partial charge in [-0.15, -0.1) is 0 Å². The fourth-order valence-corrected chi connectivity index (χ4v) is 3.79. The molecule has 0 saturated carbocycles. The van der Waals surface area contributed by atoms with E-state index < -0.39 is 5.63 Å². The van der Waals surface area contributed by atoms with Gasteiger partial charge < -0.3 is 14.2 Å². The van der Waals surface area contributed by atoms with E-state index >= 15 is 0 Å². The van der Waals surface area contributed by atoms with Crippen molar-refractivity contribution in [2.24, 2.45) is 11.8 Å². The lowest BCUT2D eigenvalue weighted by atomic mass is 10.0. The Morgan fingerprint density at radius 1 is 1.14 bits per heavy atom. The number of nitrogens with zero attached hydrogens (tertiary/aromatic N) is 2. The van der Waals surface area contributed by atoms with Crippen LogP contribution in [0.1, 0.15) is 10.6 Å². The smallest absolute Gasteiger partial charge is 0.344 e. The maximum Gasteiger partial charge on any atom is 0.344 e.